The smallest absolute Gasteiger partial charge is 0.247 e. The Balaban J connectivity index is 1.58. The normalized spacial score (nSPS) is 10.8. The zero-order valence-electron chi connectivity index (χ0n) is 15.7. The zero-order valence-corrected chi connectivity index (χ0v) is 15.7. The Morgan fingerprint density at radius 3 is 2.46 bits per heavy atom. The van der Waals surface area contributed by atoms with Crippen LogP contribution in [0.25, 0.3) is 22.6 Å². The van der Waals surface area contributed by atoms with Gasteiger partial charge in [0, 0.05) is 29.9 Å². The van der Waals surface area contributed by atoms with Gasteiger partial charge in [-0.1, -0.05) is 30.3 Å². The lowest BCUT2D eigenvalue weighted by Crippen LogP contribution is -2.05. The Bertz CT molecular complexity index is 1120. The number of hydrogen-bond acceptors (Lipinski definition) is 5. The summed E-state index contributed by atoms with van der Waals surface area (Å²) in [5.74, 6) is 0.596. The highest BCUT2D eigenvalue weighted by molar-refractivity contribution is 5.98. The molecule has 2 aromatic heterocycles. The van der Waals surface area contributed by atoms with Crippen molar-refractivity contribution in [1.29, 1.82) is 0 Å². The molecular formula is C23H19N3O2. The third-order valence-electron chi connectivity index (χ3n) is 4.79. The van der Waals surface area contributed by atoms with Crippen LogP contribution in [0.15, 0.2) is 71.7 Å². The van der Waals surface area contributed by atoms with Gasteiger partial charge in [-0.25, -0.2) is 0 Å². The van der Waals surface area contributed by atoms with E-state index in [1.54, 1.807) is 18.5 Å². The quantitative estimate of drug-likeness (QED) is 0.471. The Morgan fingerprint density at radius 1 is 0.964 bits per heavy atom. The van der Waals surface area contributed by atoms with Gasteiger partial charge in [-0.05, 0) is 59.9 Å². The Hall–Kier alpha value is -3.60. The average Bonchev–Trinajstić information content (AvgIpc) is 3.24. The molecule has 2 heterocycles. The third kappa shape index (κ3) is 3.60. The molecule has 0 aliphatic carbocycles. The molecule has 0 fully saturated rings. The molecule has 0 bridgehead atoms. The number of rotatable bonds is 5. The minimum atomic E-state index is 0.0993. The third-order valence-corrected chi connectivity index (χ3v) is 4.79. The van der Waals surface area contributed by atoms with Crippen LogP contribution >= 0.6 is 0 Å². The van der Waals surface area contributed by atoms with Crippen molar-refractivity contribution in [2.24, 2.45) is 0 Å². The van der Waals surface area contributed by atoms with Crippen LogP contribution < -0.4 is 0 Å². The SMILES string of the molecule is Cc1cnccc1C(=O)Cc1ccc(-c2cc(-c3nnco3)ccc2C)cc1. The molecule has 0 radical (unpaired) electrons. The van der Waals surface area contributed by atoms with E-state index in [0.717, 1.165) is 38.9 Å². The molecule has 0 saturated heterocycles. The highest BCUT2D eigenvalue weighted by Gasteiger charge is 2.11. The van der Waals surface area contributed by atoms with Gasteiger partial charge in [0.15, 0.2) is 5.78 Å². The lowest BCUT2D eigenvalue weighted by Gasteiger charge is -2.09. The topological polar surface area (TPSA) is 68.9 Å². The van der Waals surface area contributed by atoms with Gasteiger partial charge in [0.1, 0.15) is 0 Å². The molecule has 0 N–H and O–H groups in total. The summed E-state index contributed by atoms with van der Waals surface area (Å²) in [5.41, 5.74) is 6.81. The van der Waals surface area contributed by atoms with Crippen molar-refractivity contribution >= 4 is 5.78 Å². The van der Waals surface area contributed by atoms with E-state index in [2.05, 4.69) is 22.1 Å². The first-order valence-electron chi connectivity index (χ1n) is 9.02. The number of ketones is 1. The first-order valence-corrected chi connectivity index (χ1v) is 9.02. The van der Waals surface area contributed by atoms with Crippen molar-refractivity contribution in [3.05, 3.63) is 89.6 Å². The molecule has 28 heavy (non-hydrogen) atoms. The maximum atomic E-state index is 12.6. The maximum Gasteiger partial charge on any atom is 0.247 e. The number of aryl methyl sites for hydroxylation is 2. The summed E-state index contributed by atoms with van der Waals surface area (Å²) in [6.45, 7) is 3.97. The molecule has 2 aromatic carbocycles. The molecule has 0 aliphatic heterocycles. The number of pyridine rings is 1. The van der Waals surface area contributed by atoms with Crippen molar-refractivity contribution < 1.29 is 9.21 Å². The number of nitrogens with zero attached hydrogens (tertiary/aromatic N) is 3. The summed E-state index contributed by atoms with van der Waals surface area (Å²) < 4.78 is 5.30. The van der Waals surface area contributed by atoms with Gasteiger partial charge in [-0.3, -0.25) is 9.78 Å². The molecule has 5 nitrogen and oxygen atoms in total. The zero-order chi connectivity index (χ0) is 19.5. The van der Waals surface area contributed by atoms with Gasteiger partial charge in [0.2, 0.25) is 12.3 Å². The van der Waals surface area contributed by atoms with E-state index in [1.807, 2.05) is 49.4 Å². The van der Waals surface area contributed by atoms with Crippen LogP contribution in [0.1, 0.15) is 27.0 Å². The number of hydrogen-bond donors (Lipinski definition) is 0. The average molecular weight is 369 g/mol. The molecule has 4 aromatic rings. The Morgan fingerprint density at radius 2 is 1.75 bits per heavy atom. The summed E-state index contributed by atoms with van der Waals surface area (Å²) >= 11 is 0. The summed E-state index contributed by atoms with van der Waals surface area (Å²) in [4.78, 5) is 16.6. The van der Waals surface area contributed by atoms with Gasteiger partial charge >= 0.3 is 0 Å². The maximum absolute atomic E-state index is 12.6. The van der Waals surface area contributed by atoms with Crippen molar-refractivity contribution in [2.75, 3.05) is 0 Å². The van der Waals surface area contributed by atoms with Gasteiger partial charge in [0.25, 0.3) is 0 Å². The molecule has 0 amide bonds. The van der Waals surface area contributed by atoms with E-state index in [9.17, 15) is 4.79 Å². The van der Waals surface area contributed by atoms with E-state index in [-0.39, 0.29) is 5.78 Å². The summed E-state index contributed by atoms with van der Waals surface area (Å²) in [6, 6.07) is 15.9. The van der Waals surface area contributed by atoms with E-state index in [4.69, 9.17) is 4.42 Å². The molecule has 0 unspecified atom stereocenters. The molecule has 5 heteroatoms. The monoisotopic (exact) mass is 369 g/mol. The number of aromatic nitrogens is 3. The van der Waals surface area contributed by atoms with Gasteiger partial charge in [0.05, 0.1) is 0 Å². The number of carbonyl (C=O) groups is 1. The molecule has 138 valence electrons. The number of benzene rings is 2. The van der Waals surface area contributed by atoms with E-state index in [0.29, 0.717) is 12.3 Å². The van der Waals surface area contributed by atoms with Crippen molar-refractivity contribution in [1.82, 2.24) is 15.2 Å². The van der Waals surface area contributed by atoms with E-state index < -0.39 is 0 Å². The second-order valence-electron chi connectivity index (χ2n) is 6.76. The number of carbonyl (C=O) groups excluding carboxylic acids is 1. The standard InChI is InChI=1S/C23H19N3O2/c1-15-3-6-19(23-26-25-14-28-23)12-21(15)18-7-4-17(5-8-18)11-22(27)20-9-10-24-13-16(20)2/h3-10,12-14H,11H2,1-2H3. The molecule has 0 saturated carbocycles. The van der Waals surface area contributed by atoms with Gasteiger partial charge in [-0.2, -0.15) is 0 Å². The minimum absolute atomic E-state index is 0.0993. The molecular weight excluding hydrogens is 350 g/mol. The highest BCUT2D eigenvalue weighted by Crippen LogP contribution is 2.29. The molecule has 0 aliphatic rings. The van der Waals surface area contributed by atoms with Crippen LogP contribution in [-0.4, -0.2) is 21.0 Å². The summed E-state index contributed by atoms with van der Waals surface area (Å²) in [6.07, 6.45) is 5.06. The fourth-order valence-corrected chi connectivity index (χ4v) is 3.23. The summed E-state index contributed by atoms with van der Waals surface area (Å²) in [7, 11) is 0. The Kier molecular flexibility index (Phi) is 4.81. The van der Waals surface area contributed by atoms with Crippen LogP contribution in [0.3, 0.4) is 0 Å². The molecule has 4 rings (SSSR count). The van der Waals surface area contributed by atoms with Crippen molar-refractivity contribution in [3.8, 4) is 22.6 Å². The van der Waals surface area contributed by atoms with Gasteiger partial charge < -0.3 is 4.42 Å². The first-order chi connectivity index (χ1) is 13.6. The van der Waals surface area contributed by atoms with E-state index >= 15 is 0 Å². The van der Waals surface area contributed by atoms with Crippen molar-refractivity contribution in [2.45, 2.75) is 20.3 Å². The second kappa shape index (κ2) is 7.56. The lowest BCUT2D eigenvalue weighted by atomic mass is 9.95. The predicted molar refractivity (Wildman–Crippen MR) is 107 cm³/mol. The van der Waals surface area contributed by atoms with Crippen LogP contribution in [0, 0.1) is 13.8 Å². The van der Waals surface area contributed by atoms with Gasteiger partial charge in [-0.15, -0.1) is 10.2 Å². The lowest BCUT2D eigenvalue weighted by molar-refractivity contribution is 0.0992. The Labute approximate surface area is 163 Å². The number of Topliss-reactive ketones (excluding diaryl/α,β-unsaturated/α-hetero) is 1. The molecule has 0 spiro atoms. The second-order valence-corrected chi connectivity index (χ2v) is 6.76. The van der Waals surface area contributed by atoms with Crippen molar-refractivity contribution in [3.63, 3.8) is 0 Å². The van der Waals surface area contributed by atoms with Crippen LogP contribution in [0.4, 0.5) is 0 Å². The highest BCUT2D eigenvalue weighted by atomic mass is 16.4. The first kappa shape index (κ1) is 17.8. The largest absolute Gasteiger partial charge is 0.423 e. The summed E-state index contributed by atoms with van der Waals surface area (Å²) in [5, 5.41) is 7.72. The van der Waals surface area contributed by atoms with E-state index in [1.165, 1.54) is 6.39 Å². The van der Waals surface area contributed by atoms with Crippen LogP contribution in [0.2, 0.25) is 0 Å². The van der Waals surface area contributed by atoms with Crippen LogP contribution in [0.5, 0.6) is 0 Å². The predicted octanol–water partition coefficient (Wildman–Crippen LogP) is 4.84. The molecule has 0 atom stereocenters. The van der Waals surface area contributed by atoms with Crippen LogP contribution in [-0.2, 0) is 6.42 Å². The fraction of sp³-hybridized carbons (Fsp3) is 0.130. The minimum Gasteiger partial charge on any atom is -0.423 e. The fourth-order valence-electron chi connectivity index (χ4n) is 3.23.